The van der Waals surface area contributed by atoms with Crippen LogP contribution in [0, 0.1) is 72.5 Å². The van der Waals surface area contributed by atoms with Crippen molar-refractivity contribution in [3.63, 3.8) is 0 Å². The van der Waals surface area contributed by atoms with Gasteiger partial charge in [0.25, 0.3) is 0 Å². The van der Waals surface area contributed by atoms with Crippen LogP contribution in [0.4, 0.5) is 0 Å². The van der Waals surface area contributed by atoms with Gasteiger partial charge < -0.3 is 20.8 Å². The molecule has 3 atom stereocenters. The van der Waals surface area contributed by atoms with Gasteiger partial charge in [-0.25, -0.2) is 0 Å². The van der Waals surface area contributed by atoms with E-state index in [0.29, 0.717) is 0 Å². The fraction of sp³-hybridized carbons (Fsp3) is 0.900. The van der Waals surface area contributed by atoms with Gasteiger partial charge in [-0.2, -0.15) is 16.2 Å². The minimum absolute atomic E-state index is 0. The molecule has 0 saturated heterocycles. The number of hydrogen-bond donors (Lipinski definition) is 0. The molecule has 31 heavy (non-hydrogen) atoms. The molecular weight excluding hydrogens is 412 g/mol. The van der Waals surface area contributed by atoms with E-state index in [4.69, 9.17) is 0 Å². The van der Waals surface area contributed by atoms with Crippen LogP contribution in [0.25, 0.3) is 0 Å². The molecule has 189 valence electrons. The minimum atomic E-state index is 0. The topological polar surface area (TPSA) is 0 Å². The van der Waals surface area contributed by atoms with Crippen LogP contribution in [0.5, 0.6) is 0 Å². The van der Waals surface area contributed by atoms with E-state index < -0.39 is 0 Å². The molecule has 1 radical (unpaired) electrons. The maximum Gasteiger partial charge on any atom is 3.00 e. The van der Waals surface area contributed by atoms with E-state index in [-0.39, 0.29) is 33.6 Å². The Bertz CT molecular complexity index is 322. The van der Waals surface area contributed by atoms with Crippen LogP contribution >= 0.6 is 0 Å². The SMILES string of the molecule is [CH2-]C(C)(C)C(C)CC(C)C.[CH2-]C(C)(C)C(C)CC(C)C.[CH2-]C(C)(C)C(C)CC(C)C.[Cr+3]. The average Bonchev–Trinajstić information content (AvgIpc) is 2.43. The number of hydrogen-bond acceptors (Lipinski definition) is 0. The summed E-state index contributed by atoms with van der Waals surface area (Å²) < 4.78 is 0. The molecule has 0 fully saturated rings. The van der Waals surface area contributed by atoms with E-state index >= 15 is 0 Å². The normalized spacial score (nSPS) is 15.4. The predicted molar refractivity (Wildman–Crippen MR) is 143 cm³/mol. The van der Waals surface area contributed by atoms with Crippen molar-refractivity contribution in [2.75, 3.05) is 0 Å². The van der Waals surface area contributed by atoms with E-state index in [1.807, 2.05) is 0 Å². The first-order chi connectivity index (χ1) is 13.0. The second-order valence-corrected chi connectivity index (χ2v) is 13.6. The van der Waals surface area contributed by atoms with Crippen molar-refractivity contribution in [1.82, 2.24) is 0 Å². The van der Waals surface area contributed by atoms with Gasteiger partial charge in [-0.1, -0.05) is 141 Å². The standard InChI is InChI=1S/3C10H21.Cr/c3*1-8(2)7-9(3)10(4,5)6;/h3*8-9H,4,7H2,1-3,5-6H3;/q3*-1;+3. The predicted octanol–water partition coefficient (Wildman–Crippen LogP) is 10.6. The first-order valence-electron chi connectivity index (χ1n) is 12.6. The molecule has 0 aromatic carbocycles. The zero-order valence-corrected chi connectivity index (χ0v) is 25.9. The fourth-order valence-electron chi connectivity index (χ4n) is 3.08. The van der Waals surface area contributed by atoms with E-state index in [2.05, 4.69) is 125 Å². The summed E-state index contributed by atoms with van der Waals surface area (Å²) in [5, 5.41) is 0. The first-order valence-corrected chi connectivity index (χ1v) is 12.6. The van der Waals surface area contributed by atoms with Crippen molar-refractivity contribution in [2.45, 2.75) is 123 Å². The van der Waals surface area contributed by atoms with E-state index in [1.54, 1.807) is 0 Å². The van der Waals surface area contributed by atoms with Gasteiger partial charge in [-0.3, -0.25) is 0 Å². The summed E-state index contributed by atoms with van der Waals surface area (Å²) in [4.78, 5) is 0. The summed E-state index contributed by atoms with van der Waals surface area (Å²) in [7, 11) is 0. The molecule has 0 rings (SSSR count). The molecule has 0 aliphatic heterocycles. The molecule has 0 aromatic heterocycles. The van der Waals surface area contributed by atoms with Gasteiger partial charge in [0, 0.05) is 0 Å². The van der Waals surface area contributed by atoms with Crippen molar-refractivity contribution in [3.8, 4) is 0 Å². The van der Waals surface area contributed by atoms with E-state index in [9.17, 15) is 0 Å². The summed E-state index contributed by atoms with van der Waals surface area (Å²) >= 11 is 0. The zero-order valence-electron chi connectivity index (χ0n) is 24.6. The van der Waals surface area contributed by atoms with Crippen LogP contribution < -0.4 is 0 Å². The van der Waals surface area contributed by atoms with Crippen LogP contribution in [-0.2, 0) is 17.4 Å². The average molecular weight is 476 g/mol. The van der Waals surface area contributed by atoms with Gasteiger partial charge >= 0.3 is 17.4 Å². The van der Waals surface area contributed by atoms with Gasteiger partial charge in [-0.15, -0.1) is 0 Å². The second kappa shape index (κ2) is 17.0. The van der Waals surface area contributed by atoms with Crippen molar-refractivity contribution < 1.29 is 17.4 Å². The Balaban J connectivity index is -0.000000174. The van der Waals surface area contributed by atoms with Crippen LogP contribution in [0.1, 0.15) is 123 Å². The summed E-state index contributed by atoms with van der Waals surface area (Å²) in [6.07, 6.45) is 3.86. The maximum absolute atomic E-state index is 4.12. The Morgan fingerprint density at radius 1 is 0.419 bits per heavy atom. The molecule has 0 aliphatic carbocycles. The summed E-state index contributed by atoms with van der Waals surface area (Å²) in [5.41, 5.74) is 0.721. The summed E-state index contributed by atoms with van der Waals surface area (Å²) in [6, 6.07) is 0. The Kier molecular flexibility index (Phi) is 21.3. The number of rotatable bonds is 9. The molecule has 0 heterocycles. The molecule has 0 bridgehead atoms. The molecule has 1 heteroatoms. The monoisotopic (exact) mass is 475 g/mol. The van der Waals surface area contributed by atoms with Gasteiger partial charge in [0.2, 0.25) is 0 Å². The van der Waals surface area contributed by atoms with Crippen molar-refractivity contribution in [1.29, 1.82) is 0 Å². The van der Waals surface area contributed by atoms with Gasteiger partial charge in [0.1, 0.15) is 0 Å². The maximum atomic E-state index is 4.12. The van der Waals surface area contributed by atoms with Crippen LogP contribution in [0.2, 0.25) is 0 Å². The zero-order chi connectivity index (χ0) is 25.1. The smallest absolute Gasteiger partial charge is 0.337 e. The largest absolute Gasteiger partial charge is 3.00 e. The van der Waals surface area contributed by atoms with E-state index in [0.717, 1.165) is 35.5 Å². The van der Waals surface area contributed by atoms with Crippen molar-refractivity contribution in [2.24, 2.45) is 51.8 Å². The van der Waals surface area contributed by atoms with Crippen LogP contribution in [0.15, 0.2) is 0 Å². The van der Waals surface area contributed by atoms with Gasteiger partial charge in [-0.05, 0) is 17.8 Å². The molecule has 0 aromatic rings. The molecule has 0 N–H and O–H groups in total. The fourth-order valence-corrected chi connectivity index (χ4v) is 3.08. The molecule has 0 aliphatic rings. The van der Waals surface area contributed by atoms with Crippen molar-refractivity contribution in [3.05, 3.63) is 20.8 Å². The molecular formula is C30H63Cr. The van der Waals surface area contributed by atoms with Gasteiger partial charge in [0.05, 0.1) is 0 Å². The molecule has 0 spiro atoms. The third-order valence-electron chi connectivity index (χ3n) is 6.48. The third kappa shape index (κ3) is 26.7. The molecule has 0 nitrogen and oxygen atoms in total. The second-order valence-electron chi connectivity index (χ2n) is 13.6. The van der Waals surface area contributed by atoms with E-state index in [1.165, 1.54) is 19.3 Å². The van der Waals surface area contributed by atoms with Gasteiger partial charge in [0.15, 0.2) is 0 Å². The molecule has 3 unspecified atom stereocenters. The Morgan fingerprint density at radius 3 is 0.581 bits per heavy atom. The minimum Gasteiger partial charge on any atom is -0.337 e. The quantitative estimate of drug-likeness (QED) is 0.291. The van der Waals surface area contributed by atoms with Crippen LogP contribution in [-0.4, -0.2) is 0 Å². The van der Waals surface area contributed by atoms with Crippen LogP contribution in [0.3, 0.4) is 0 Å². The van der Waals surface area contributed by atoms with Crippen molar-refractivity contribution >= 4 is 0 Å². The Morgan fingerprint density at radius 2 is 0.548 bits per heavy atom. The Labute approximate surface area is 212 Å². The summed E-state index contributed by atoms with van der Waals surface area (Å²) in [6.45, 7) is 46.1. The third-order valence-corrected chi connectivity index (χ3v) is 6.48. The molecule has 0 saturated carbocycles. The summed E-state index contributed by atoms with van der Waals surface area (Å²) in [5.74, 6) is 4.59. The Hall–Kier alpha value is 0.532. The molecule has 0 amide bonds. The first kappa shape index (κ1) is 38.8.